The van der Waals surface area contributed by atoms with Crippen molar-refractivity contribution < 1.29 is 18.5 Å². The number of esters is 1. The normalized spacial score (nSPS) is 49.8. The van der Waals surface area contributed by atoms with Crippen LogP contribution in [-0.4, -0.2) is 32.6 Å². The number of ether oxygens (including phenoxy) is 1. The second kappa shape index (κ2) is 6.51. The number of hydrogen-bond acceptors (Lipinski definition) is 4. The van der Waals surface area contributed by atoms with Gasteiger partial charge < -0.3 is 4.74 Å². The summed E-state index contributed by atoms with van der Waals surface area (Å²) >= 11 is 0. The van der Waals surface area contributed by atoms with Gasteiger partial charge in [-0.3, -0.25) is 13.8 Å². The molecule has 1 spiro atoms. The molecule has 0 aromatic heterocycles. The summed E-state index contributed by atoms with van der Waals surface area (Å²) in [5.74, 6) is 2.24. The molecule has 0 radical (unpaired) electrons. The highest BCUT2D eigenvalue weighted by molar-refractivity contribution is 7.85. The Kier molecular flexibility index (Phi) is 4.48. The number of ketones is 1. The van der Waals surface area contributed by atoms with Crippen LogP contribution in [0, 0.1) is 28.6 Å². The van der Waals surface area contributed by atoms with Crippen molar-refractivity contribution >= 4 is 22.6 Å². The standard InChI is InChI=1S/C24H34O4S/c1-4-29(27)19-14-15-13-16(25)5-9-22(15,2)17-6-10-23(3)18(21(17)19)7-11-24(23)12-8-20(26)28-24/h13,17-19,21H,4-12,14H2,1-3H3. The first kappa shape index (κ1) is 20.0. The number of hydrogen-bond donors (Lipinski definition) is 0. The van der Waals surface area contributed by atoms with Crippen LogP contribution in [0.2, 0.25) is 0 Å². The molecular weight excluding hydrogens is 384 g/mol. The third-order valence-corrected chi connectivity index (χ3v) is 11.6. The third-order valence-electron chi connectivity index (χ3n) is 9.91. The number of carbonyl (C=O) groups is 2. The maximum Gasteiger partial charge on any atom is 0.306 e. The Hall–Kier alpha value is -0.970. The first-order valence-electron chi connectivity index (χ1n) is 11.6. The molecule has 4 fully saturated rings. The van der Waals surface area contributed by atoms with Crippen LogP contribution < -0.4 is 0 Å². The molecule has 1 saturated heterocycles. The van der Waals surface area contributed by atoms with E-state index in [2.05, 4.69) is 13.8 Å². The van der Waals surface area contributed by atoms with E-state index in [0.29, 0.717) is 36.3 Å². The fourth-order valence-electron chi connectivity index (χ4n) is 8.28. The zero-order chi connectivity index (χ0) is 20.6. The molecule has 4 nitrogen and oxygen atoms in total. The van der Waals surface area contributed by atoms with Crippen LogP contribution in [-0.2, 0) is 25.1 Å². The van der Waals surface area contributed by atoms with E-state index >= 15 is 0 Å². The Morgan fingerprint density at radius 2 is 1.83 bits per heavy atom. The average Bonchev–Trinajstić information content (AvgIpc) is 3.22. The van der Waals surface area contributed by atoms with Crippen LogP contribution in [0.5, 0.6) is 0 Å². The molecule has 29 heavy (non-hydrogen) atoms. The van der Waals surface area contributed by atoms with Gasteiger partial charge in [-0.25, -0.2) is 0 Å². The van der Waals surface area contributed by atoms with Gasteiger partial charge in [-0.1, -0.05) is 26.3 Å². The molecule has 0 bridgehead atoms. The molecule has 0 aromatic rings. The first-order chi connectivity index (χ1) is 13.7. The molecule has 0 N–H and O–H groups in total. The lowest BCUT2D eigenvalue weighted by atomic mass is 9.46. The zero-order valence-electron chi connectivity index (χ0n) is 18.0. The number of fused-ring (bicyclic) bond motifs is 6. The van der Waals surface area contributed by atoms with Crippen molar-refractivity contribution in [3.8, 4) is 0 Å². The summed E-state index contributed by atoms with van der Waals surface area (Å²) in [6.07, 6.45) is 9.92. The third kappa shape index (κ3) is 2.58. The molecular formula is C24H34O4S. The summed E-state index contributed by atoms with van der Waals surface area (Å²) in [5.41, 5.74) is 1.04. The van der Waals surface area contributed by atoms with E-state index in [-0.39, 0.29) is 33.4 Å². The van der Waals surface area contributed by atoms with Crippen molar-refractivity contribution in [1.82, 2.24) is 0 Å². The van der Waals surface area contributed by atoms with Gasteiger partial charge in [0.2, 0.25) is 0 Å². The first-order valence-corrected chi connectivity index (χ1v) is 13.0. The van der Waals surface area contributed by atoms with E-state index in [0.717, 1.165) is 44.9 Å². The molecule has 8 unspecified atom stereocenters. The lowest BCUT2D eigenvalue weighted by Crippen LogP contribution is -2.59. The lowest BCUT2D eigenvalue weighted by molar-refractivity contribution is -0.167. The Bertz CT molecular complexity index is 818. The van der Waals surface area contributed by atoms with Crippen LogP contribution in [0.3, 0.4) is 0 Å². The quantitative estimate of drug-likeness (QED) is 0.626. The Morgan fingerprint density at radius 3 is 2.52 bits per heavy atom. The highest BCUT2D eigenvalue weighted by Gasteiger charge is 2.68. The zero-order valence-corrected chi connectivity index (χ0v) is 18.8. The summed E-state index contributed by atoms with van der Waals surface area (Å²) in [4.78, 5) is 24.3. The predicted octanol–water partition coefficient (Wildman–Crippen LogP) is 4.34. The second-order valence-electron chi connectivity index (χ2n) is 10.7. The number of rotatable bonds is 2. The van der Waals surface area contributed by atoms with E-state index in [1.54, 1.807) is 0 Å². The average molecular weight is 419 g/mol. The monoisotopic (exact) mass is 418 g/mol. The summed E-state index contributed by atoms with van der Waals surface area (Å²) in [5, 5.41) is 0.132. The van der Waals surface area contributed by atoms with E-state index < -0.39 is 10.8 Å². The Labute approximate surface area is 176 Å². The lowest BCUT2D eigenvalue weighted by Gasteiger charge is -2.61. The number of carbonyl (C=O) groups excluding carboxylic acids is 2. The van der Waals surface area contributed by atoms with Gasteiger partial charge in [0.05, 0.1) is 0 Å². The minimum absolute atomic E-state index is 0.00141. The van der Waals surface area contributed by atoms with Crippen LogP contribution in [0.4, 0.5) is 0 Å². The predicted molar refractivity (Wildman–Crippen MR) is 113 cm³/mol. The van der Waals surface area contributed by atoms with Crippen molar-refractivity contribution in [1.29, 1.82) is 0 Å². The molecule has 160 valence electrons. The molecule has 1 heterocycles. The van der Waals surface area contributed by atoms with Gasteiger partial charge in [0.25, 0.3) is 0 Å². The molecule has 5 aliphatic rings. The molecule has 4 aliphatic carbocycles. The van der Waals surface area contributed by atoms with Gasteiger partial charge in [-0.15, -0.1) is 0 Å². The smallest absolute Gasteiger partial charge is 0.306 e. The van der Waals surface area contributed by atoms with Gasteiger partial charge in [0.15, 0.2) is 5.78 Å². The number of allylic oxidation sites excluding steroid dienone is 1. The second-order valence-corrected chi connectivity index (χ2v) is 12.7. The SMILES string of the molecule is CCS(=O)C1CC2=CC(=O)CCC2(C)C2CCC3(C)C(CCC34CCC(=O)O4)C12. The molecule has 3 saturated carbocycles. The molecule has 0 aromatic carbocycles. The van der Waals surface area contributed by atoms with Crippen LogP contribution in [0.1, 0.15) is 78.6 Å². The van der Waals surface area contributed by atoms with Gasteiger partial charge in [-0.2, -0.15) is 0 Å². The molecule has 1 aliphatic heterocycles. The van der Waals surface area contributed by atoms with Crippen molar-refractivity contribution in [2.75, 3.05) is 5.75 Å². The van der Waals surface area contributed by atoms with E-state index in [4.69, 9.17) is 4.74 Å². The van der Waals surface area contributed by atoms with E-state index in [1.165, 1.54) is 5.57 Å². The maximum atomic E-state index is 13.3. The summed E-state index contributed by atoms with van der Waals surface area (Å²) in [6, 6.07) is 0. The summed E-state index contributed by atoms with van der Waals surface area (Å²) in [7, 11) is -0.884. The maximum absolute atomic E-state index is 13.3. The summed E-state index contributed by atoms with van der Waals surface area (Å²) < 4.78 is 19.3. The van der Waals surface area contributed by atoms with Gasteiger partial charge >= 0.3 is 5.97 Å². The van der Waals surface area contributed by atoms with Crippen molar-refractivity contribution in [3.63, 3.8) is 0 Å². The van der Waals surface area contributed by atoms with E-state index in [1.807, 2.05) is 13.0 Å². The topological polar surface area (TPSA) is 60.4 Å². The van der Waals surface area contributed by atoms with Crippen molar-refractivity contribution in [3.05, 3.63) is 11.6 Å². The molecule has 0 amide bonds. The van der Waals surface area contributed by atoms with Crippen LogP contribution in [0.25, 0.3) is 0 Å². The van der Waals surface area contributed by atoms with Crippen molar-refractivity contribution in [2.24, 2.45) is 28.6 Å². The fraction of sp³-hybridized carbons (Fsp3) is 0.833. The van der Waals surface area contributed by atoms with E-state index in [9.17, 15) is 13.8 Å². The highest BCUT2D eigenvalue weighted by atomic mass is 32.2. The van der Waals surface area contributed by atoms with Gasteiger partial charge in [0.1, 0.15) is 5.60 Å². The molecule has 5 heteroatoms. The van der Waals surface area contributed by atoms with Crippen molar-refractivity contribution in [2.45, 2.75) is 89.4 Å². The Balaban J connectivity index is 1.58. The minimum Gasteiger partial charge on any atom is -0.458 e. The molecule has 8 atom stereocenters. The summed E-state index contributed by atoms with van der Waals surface area (Å²) in [6.45, 7) is 6.76. The molecule has 5 rings (SSSR count). The van der Waals surface area contributed by atoms with Crippen LogP contribution >= 0.6 is 0 Å². The largest absolute Gasteiger partial charge is 0.458 e. The van der Waals surface area contributed by atoms with Gasteiger partial charge in [0, 0.05) is 40.1 Å². The fourth-order valence-corrected chi connectivity index (χ4v) is 9.80. The highest BCUT2D eigenvalue weighted by Crippen LogP contribution is 2.70. The Morgan fingerprint density at radius 1 is 1.07 bits per heavy atom. The van der Waals surface area contributed by atoms with Crippen LogP contribution in [0.15, 0.2) is 11.6 Å². The van der Waals surface area contributed by atoms with Gasteiger partial charge in [-0.05, 0) is 74.2 Å². The minimum atomic E-state index is -0.884.